The number of carbonyl (C=O) groups excluding carboxylic acids is 2. The highest BCUT2D eigenvalue weighted by Gasteiger charge is 2.07. The Bertz CT molecular complexity index is 853. The van der Waals surface area contributed by atoms with Crippen molar-refractivity contribution < 1.29 is 9.59 Å². The molecule has 0 fully saturated rings. The first kappa shape index (κ1) is 16.4. The summed E-state index contributed by atoms with van der Waals surface area (Å²) in [4.78, 5) is 23.7. The van der Waals surface area contributed by atoms with Crippen molar-refractivity contribution in [3.8, 4) is 5.69 Å². The maximum Gasteiger partial charge on any atom is 0.251 e. The molecule has 0 aliphatic rings. The number of benzene rings is 2. The first-order valence-corrected chi connectivity index (χ1v) is 7.86. The van der Waals surface area contributed by atoms with Crippen LogP contribution in [-0.2, 0) is 6.54 Å². The van der Waals surface area contributed by atoms with Crippen LogP contribution in [0.3, 0.4) is 0 Å². The van der Waals surface area contributed by atoms with E-state index in [4.69, 9.17) is 0 Å². The highest BCUT2D eigenvalue weighted by Crippen LogP contribution is 2.09. The van der Waals surface area contributed by atoms with Gasteiger partial charge >= 0.3 is 0 Å². The van der Waals surface area contributed by atoms with Crippen LogP contribution in [0.25, 0.3) is 5.69 Å². The number of nitrogens with one attached hydrogen (secondary N) is 2. The topological polar surface area (TPSA) is 76.0 Å². The minimum absolute atomic E-state index is 0.132. The number of aromatic nitrogens is 2. The minimum atomic E-state index is -0.151. The molecular formula is C19H18N4O2. The summed E-state index contributed by atoms with van der Waals surface area (Å²) >= 11 is 0. The number of hydrogen-bond donors (Lipinski definition) is 2. The SMILES string of the molecule is CNC(=O)c1ccc(CNC(=O)c2ccc(-n3cccn3)cc2)cc1. The number of rotatable bonds is 5. The van der Waals surface area contributed by atoms with Crippen molar-refractivity contribution in [2.45, 2.75) is 6.54 Å². The van der Waals surface area contributed by atoms with Gasteiger partial charge in [-0.25, -0.2) is 4.68 Å². The molecule has 2 amide bonds. The second kappa shape index (κ2) is 7.44. The smallest absolute Gasteiger partial charge is 0.251 e. The average Bonchev–Trinajstić information content (AvgIpc) is 3.21. The Balaban J connectivity index is 1.60. The molecule has 0 saturated heterocycles. The van der Waals surface area contributed by atoms with E-state index in [0.29, 0.717) is 17.7 Å². The molecule has 25 heavy (non-hydrogen) atoms. The predicted octanol–water partition coefficient (Wildman–Crippen LogP) is 2.16. The van der Waals surface area contributed by atoms with Gasteiger partial charge < -0.3 is 10.6 Å². The molecule has 0 aliphatic carbocycles. The van der Waals surface area contributed by atoms with Gasteiger partial charge in [-0.3, -0.25) is 9.59 Å². The fourth-order valence-corrected chi connectivity index (χ4v) is 2.39. The summed E-state index contributed by atoms with van der Waals surface area (Å²) in [6, 6.07) is 16.2. The fourth-order valence-electron chi connectivity index (χ4n) is 2.39. The Hall–Kier alpha value is -3.41. The van der Waals surface area contributed by atoms with Crippen LogP contribution in [0.4, 0.5) is 0 Å². The van der Waals surface area contributed by atoms with Crippen LogP contribution in [0.5, 0.6) is 0 Å². The molecule has 1 heterocycles. The standard InChI is InChI=1S/C19H18N4O2/c1-20-18(24)15-5-3-14(4-6-15)13-21-19(25)16-7-9-17(10-8-16)23-12-2-11-22-23/h2-12H,13H2,1H3,(H,20,24)(H,21,25). The van der Waals surface area contributed by atoms with E-state index in [2.05, 4.69) is 15.7 Å². The molecular weight excluding hydrogens is 316 g/mol. The fraction of sp³-hybridized carbons (Fsp3) is 0.105. The maximum absolute atomic E-state index is 12.2. The van der Waals surface area contributed by atoms with Gasteiger partial charge in [0.15, 0.2) is 0 Å². The molecule has 3 rings (SSSR count). The lowest BCUT2D eigenvalue weighted by Gasteiger charge is -2.07. The number of hydrogen-bond acceptors (Lipinski definition) is 3. The van der Waals surface area contributed by atoms with Gasteiger partial charge in [0.05, 0.1) is 5.69 Å². The van der Waals surface area contributed by atoms with Gasteiger partial charge in [0, 0.05) is 37.1 Å². The third-order valence-electron chi connectivity index (χ3n) is 3.79. The lowest BCUT2D eigenvalue weighted by atomic mass is 10.1. The Morgan fingerprint density at radius 2 is 1.60 bits per heavy atom. The van der Waals surface area contributed by atoms with Gasteiger partial charge in [0.2, 0.25) is 0 Å². The van der Waals surface area contributed by atoms with Gasteiger partial charge in [0.25, 0.3) is 11.8 Å². The maximum atomic E-state index is 12.2. The summed E-state index contributed by atoms with van der Waals surface area (Å²) < 4.78 is 1.73. The lowest BCUT2D eigenvalue weighted by Crippen LogP contribution is -2.23. The summed E-state index contributed by atoms with van der Waals surface area (Å²) in [7, 11) is 1.59. The summed E-state index contributed by atoms with van der Waals surface area (Å²) in [6.45, 7) is 0.397. The third kappa shape index (κ3) is 3.92. The summed E-state index contributed by atoms with van der Waals surface area (Å²) in [5.41, 5.74) is 2.99. The Morgan fingerprint density at radius 1 is 0.960 bits per heavy atom. The van der Waals surface area contributed by atoms with Gasteiger partial charge in [-0.05, 0) is 48.0 Å². The van der Waals surface area contributed by atoms with E-state index < -0.39 is 0 Å². The van der Waals surface area contributed by atoms with Gasteiger partial charge in [-0.2, -0.15) is 5.10 Å². The van der Waals surface area contributed by atoms with E-state index >= 15 is 0 Å². The Labute approximate surface area is 145 Å². The van der Waals surface area contributed by atoms with Crippen molar-refractivity contribution in [3.05, 3.63) is 83.7 Å². The molecule has 0 atom stereocenters. The summed E-state index contributed by atoms with van der Waals surface area (Å²) in [5, 5.41) is 9.59. The van der Waals surface area contributed by atoms with E-state index in [1.54, 1.807) is 42.2 Å². The van der Waals surface area contributed by atoms with Crippen LogP contribution in [0.15, 0.2) is 67.0 Å². The van der Waals surface area contributed by atoms with Crippen LogP contribution in [0.1, 0.15) is 26.3 Å². The molecule has 0 unspecified atom stereocenters. The van der Waals surface area contributed by atoms with Crippen LogP contribution in [-0.4, -0.2) is 28.6 Å². The molecule has 0 radical (unpaired) electrons. The average molecular weight is 334 g/mol. The lowest BCUT2D eigenvalue weighted by molar-refractivity contribution is 0.0946. The van der Waals surface area contributed by atoms with Gasteiger partial charge in [0.1, 0.15) is 0 Å². The second-order valence-corrected chi connectivity index (χ2v) is 5.46. The molecule has 1 aromatic heterocycles. The molecule has 0 bridgehead atoms. The minimum Gasteiger partial charge on any atom is -0.355 e. The first-order valence-electron chi connectivity index (χ1n) is 7.86. The third-order valence-corrected chi connectivity index (χ3v) is 3.79. The van der Waals surface area contributed by atoms with Crippen molar-refractivity contribution in [1.82, 2.24) is 20.4 Å². The van der Waals surface area contributed by atoms with E-state index in [1.165, 1.54) is 0 Å². The normalized spacial score (nSPS) is 10.3. The molecule has 0 saturated carbocycles. The van der Waals surface area contributed by atoms with Crippen LogP contribution in [0.2, 0.25) is 0 Å². The van der Waals surface area contributed by atoms with Crippen molar-refractivity contribution in [2.24, 2.45) is 0 Å². The number of amides is 2. The van der Waals surface area contributed by atoms with Crippen LogP contribution >= 0.6 is 0 Å². The van der Waals surface area contributed by atoms with Crippen molar-refractivity contribution >= 4 is 11.8 Å². The van der Waals surface area contributed by atoms with Crippen molar-refractivity contribution in [1.29, 1.82) is 0 Å². The molecule has 2 N–H and O–H groups in total. The number of nitrogens with zero attached hydrogens (tertiary/aromatic N) is 2. The van der Waals surface area contributed by atoms with Crippen LogP contribution in [0, 0.1) is 0 Å². The molecule has 0 aliphatic heterocycles. The molecule has 0 spiro atoms. The highest BCUT2D eigenvalue weighted by molar-refractivity contribution is 5.95. The monoisotopic (exact) mass is 334 g/mol. The second-order valence-electron chi connectivity index (χ2n) is 5.46. The zero-order valence-corrected chi connectivity index (χ0v) is 13.8. The Kier molecular flexibility index (Phi) is 4.89. The van der Waals surface area contributed by atoms with E-state index in [1.807, 2.05) is 36.5 Å². The zero-order chi connectivity index (χ0) is 17.6. The van der Waals surface area contributed by atoms with E-state index in [0.717, 1.165) is 11.3 Å². The largest absolute Gasteiger partial charge is 0.355 e. The molecule has 126 valence electrons. The molecule has 3 aromatic rings. The van der Waals surface area contributed by atoms with Crippen molar-refractivity contribution in [2.75, 3.05) is 7.05 Å². The zero-order valence-electron chi connectivity index (χ0n) is 13.8. The summed E-state index contributed by atoms with van der Waals surface area (Å²) in [6.07, 6.45) is 3.55. The quantitative estimate of drug-likeness (QED) is 0.751. The Morgan fingerprint density at radius 3 is 2.20 bits per heavy atom. The van der Waals surface area contributed by atoms with E-state index in [-0.39, 0.29) is 11.8 Å². The highest BCUT2D eigenvalue weighted by atomic mass is 16.2. The first-order chi connectivity index (χ1) is 12.2. The predicted molar refractivity (Wildman–Crippen MR) is 94.6 cm³/mol. The molecule has 6 heteroatoms. The number of carbonyl (C=O) groups is 2. The van der Waals surface area contributed by atoms with Crippen LogP contribution < -0.4 is 10.6 Å². The van der Waals surface area contributed by atoms with Gasteiger partial charge in [-0.15, -0.1) is 0 Å². The van der Waals surface area contributed by atoms with Gasteiger partial charge in [-0.1, -0.05) is 12.1 Å². The van der Waals surface area contributed by atoms with Crippen molar-refractivity contribution in [3.63, 3.8) is 0 Å². The summed E-state index contributed by atoms with van der Waals surface area (Å²) in [5.74, 6) is -0.282. The van der Waals surface area contributed by atoms with E-state index in [9.17, 15) is 9.59 Å². The molecule has 2 aromatic carbocycles. The molecule has 6 nitrogen and oxygen atoms in total.